The van der Waals surface area contributed by atoms with E-state index in [2.05, 4.69) is 20.0 Å². The largest absolute Gasteiger partial charge is 0.370 e. The van der Waals surface area contributed by atoms with E-state index >= 15 is 0 Å². The van der Waals surface area contributed by atoms with Crippen LogP contribution >= 0.6 is 11.6 Å². The van der Waals surface area contributed by atoms with E-state index in [0.717, 1.165) is 31.5 Å². The summed E-state index contributed by atoms with van der Waals surface area (Å²) in [6, 6.07) is 7.32. The molecule has 0 radical (unpaired) electrons. The number of nitrogens with two attached hydrogens (primary N) is 1. The Morgan fingerprint density at radius 3 is 2.91 bits per heavy atom. The van der Waals surface area contributed by atoms with Gasteiger partial charge in [-0.15, -0.1) is 0 Å². The number of aliphatic imine (C=N–C) groups is 1. The maximum Gasteiger partial charge on any atom is 0.248 e. The molecule has 2 aromatic rings. The fourth-order valence-electron chi connectivity index (χ4n) is 2.44. The van der Waals surface area contributed by atoms with E-state index in [4.69, 9.17) is 21.9 Å². The highest BCUT2D eigenvalue weighted by Crippen LogP contribution is 2.20. The fourth-order valence-corrected chi connectivity index (χ4v) is 2.63. The fraction of sp³-hybridized carbons (Fsp3) is 0.400. The molecule has 2 N–H and O–H groups in total. The maximum atomic E-state index is 6.00. The van der Waals surface area contributed by atoms with Gasteiger partial charge >= 0.3 is 0 Å². The normalized spacial score (nSPS) is 16.0. The number of benzene rings is 1. The van der Waals surface area contributed by atoms with E-state index in [1.54, 1.807) is 12.1 Å². The van der Waals surface area contributed by atoms with Gasteiger partial charge in [0.25, 0.3) is 0 Å². The van der Waals surface area contributed by atoms with Crippen LogP contribution in [0.15, 0.2) is 33.8 Å². The average molecular weight is 320 g/mol. The van der Waals surface area contributed by atoms with Gasteiger partial charge in [-0.3, -0.25) is 0 Å². The molecule has 0 unspecified atom stereocenters. The van der Waals surface area contributed by atoms with Gasteiger partial charge in [-0.25, -0.2) is 4.99 Å². The first-order valence-electron chi connectivity index (χ1n) is 7.36. The first-order valence-corrected chi connectivity index (χ1v) is 7.73. The highest BCUT2D eigenvalue weighted by atomic mass is 35.5. The number of likely N-dealkylation sites (tertiary alicyclic amines) is 1. The lowest BCUT2D eigenvalue weighted by Crippen LogP contribution is -2.40. The molecule has 1 fully saturated rings. The molecule has 1 aliphatic heterocycles. The zero-order valence-corrected chi connectivity index (χ0v) is 13.0. The molecule has 0 spiro atoms. The molecule has 1 aromatic heterocycles. The molecule has 0 amide bonds. The summed E-state index contributed by atoms with van der Waals surface area (Å²) >= 11 is 5.96. The van der Waals surface area contributed by atoms with Gasteiger partial charge in [0, 0.05) is 23.7 Å². The summed E-state index contributed by atoms with van der Waals surface area (Å²) < 4.78 is 5.21. The van der Waals surface area contributed by atoms with Crippen LogP contribution in [-0.2, 0) is 6.54 Å². The summed E-state index contributed by atoms with van der Waals surface area (Å²) in [4.78, 5) is 10.8. The summed E-state index contributed by atoms with van der Waals surface area (Å²) in [5, 5.41) is 4.58. The number of halogens is 1. The number of nitrogens with zero attached hydrogens (tertiary/aromatic N) is 4. The minimum absolute atomic E-state index is 0.288. The van der Waals surface area contributed by atoms with Crippen molar-refractivity contribution in [3.63, 3.8) is 0 Å². The topological polar surface area (TPSA) is 80.5 Å². The summed E-state index contributed by atoms with van der Waals surface area (Å²) in [6.45, 7) is 2.22. The van der Waals surface area contributed by atoms with Crippen molar-refractivity contribution in [3.05, 3.63) is 35.2 Å². The van der Waals surface area contributed by atoms with E-state index in [1.165, 1.54) is 6.42 Å². The number of rotatable bonds is 3. The number of hydrogen-bond donors (Lipinski definition) is 1. The van der Waals surface area contributed by atoms with E-state index in [9.17, 15) is 0 Å². The van der Waals surface area contributed by atoms with Crippen LogP contribution in [0.2, 0.25) is 5.02 Å². The van der Waals surface area contributed by atoms with Gasteiger partial charge in [0.2, 0.25) is 11.7 Å². The molecule has 0 atom stereocenters. The zero-order valence-electron chi connectivity index (χ0n) is 12.2. The van der Waals surface area contributed by atoms with Crippen LogP contribution < -0.4 is 5.73 Å². The monoisotopic (exact) mass is 319 g/mol. The third kappa shape index (κ3) is 3.57. The third-order valence-electron chi connectivity index (χ3n) is 3.61. The lowest BCUT2D eigenvalue weighted by Gasteiger charge is -2.27. The van der Waals surface area contributed by atoms with Crippen molar-refractivity contribution >= 4 is 17.6 Å². The Kier molecular flexibility index (Phi) is 4.58. The van der Waals surface area contributed by atoms with Crippen LogP contribution in [0.25, 0.3) is 11.4 Å². The third-order valence-corrected chi connectivity index (χ3v) is 3.84. The first kappa shape index (κ1) is 14.8. The van der Waals surface area contributed by atoms with Crippen LogP contribution in [0.1, 0.15) is 25.2 Å². The molecule has 3 rings (SSSR count). The molecule has 2 heterocycles. The van der Waals surface area contributed by atoms with E-state index in [0.29, 0.717) is 22.7 Å². The Labute approximate surface area is 134 Å². The van der Waals surface area contributed by atoms with Crippen molar-refractivity contribution in [1.29, 1.82) is 0 Å². The second kappa shape index (κ2) is 6.79. The van der Waals surface area contributed by atoms with Crippen molar-refractivity contribution in [2.24, 2.45) is 10.7 Å². The Morgan fingerprint density at radius 2 is 2.14 bits per heavy atom. The van der Waals surface area contributed by atoms with Gasteiger partial charge in [0.15, 0.2) is 5.96 Å². The first-order chi connectivity index (χ1) is 10.7. The lowest BCUT2D eigenvalue weighted by molar-refractivity contribution is 0.336. The van der Waals surface area contributed by atoms with Crippen LogP contribution in [0.3, 0.4) is 0 Å². The van der Waals surface area contributed by atoms with Crippen molar-refractivity contribution in [1.82, 2.24) is 15.0 Å². The number of piperidine rings is 1. The molecule has 6 nitrogen and oxygen atoms in total. The molecule has 1 aromatic carbocycles. The summed E-state index contributed by atoms with van der Waals surface area (Å²) in [5.41, 5.74) is 6.82. The number of guanidine groups is 1. The van der Waals surface area contributed by atoms with Gasteiger partial charge in [-0.2, -0.15) is 4.98 Å². The molecule has 0 bridgehead atoms. The van der Waals surface area contributed by atoms with Crippen molar-refractivity contribution in [2.75, 3.05) is 13.1 Å². The minimum Gasteiger partial charge on any atom is -0.370 e. The highest BCUT2D eigenvalue weighted by Gasteiger charge is 2.13. The molecule has 116 valence electrons. The molecule has 7 heteroatoms. The maximum absolute atomic E-state index is 6.00. The summed E-state index contributed by atoms with van der Waals surface area (Å²) in [6.07, 6.45) is 3.59. The standard InChI is InChI=1S/C15H18ClN5O/c16-12-6-4-5-11(9-12)14-19-13(22-20-14)10-18-15(17)21-7-2-1-3-8-21/h4-6,9H,1-3,7-8,10H2,(H2,17,18). The number of hydrogen-bond acceptors (Lipinski definition) is 4. The Hall–Kier alpha value is -2.08. The molecule has 1 saturated heterocycles. The van der Waals surface area contributed by atoms with E-state index in [1.807, 2.05) is 12.1 Å². The lowest BCUT2D eigenvalue weighted by atomic mass is 10.1. The Bertz CT molecular complexity index is 663. The minimum atomic E-state index is 0.288. The Balaban J connectivity index is 1.66. The van der Waals surface area contributed by atoms with Gasteiger partial charge in [0.05, 0.1) is 0 Å². The van der Waals surface area contributed by atoms with E-state index in [-0.39, 0.29) is 6.54 Å². The zero-order chi connectivity index (χ0) is 15.4. The quantitative estimate of drug-likeness (QED) is 0.695. The molecule has 22 heavy (non-hydrogen) atoms. The van der Waals surface area contributed by atoms with E-state index < -0.39 is 0 Å². The van der Waals surface area contributed by atoms with Gasteiger partial charge in [-0.1, -0.05) is 28.9 Å². The smallest absolute Gasteiger partial charge is 0.248 e. The Morgan fingerprint density at radius 1 is 1.32 bits per heavy atom. The highest BCUT2D eigenvalue weighted by molar-refractivity contribution is 6.30. The predicted octanol–water partition coefficient (Wildman–Crippen LogP) is 2.69. The molecule has 1 aliphatic rings. The van der Waals surface area contributed by atoms with Crippen LogP contribution in [0, 0.1) is 0 Å². The van der Waals surface area contributed by atoms with Crippen molar-refractivity contribution in [2.45, 2.75) is 25.8 Å². The second-order valence-corrected chi connectivity index (χ2v) is 5.68. The van der Waals surface area contributed by atoms with Crippen LogP contribution in [-0.4, -0.2) is 34.1 Å². The summed E-state index contributed by atoms with van der Waals surface area (Å²) in [5.74, 6) is 1.49. The molecule has 0 aliphatic carbocycles. The van der Waals surface area contributed by atoms with Crippen LogP contribution in [0.5, 0.6) is 0 Å². The SMILES string of the molecule is NC(=NCc1nc(-c2cccc(Cl)c2)no1)N1CCCCC1. The van der Waals surface area contributed by atoms with Gasteiger partial charge < -0.3 is 15.2 Å². The van der Waals surface area contributed by atoms with Gasteiger partial charge in [-0.05, 0) is 31.4 Å². The van der Waals surface area contributed by atoms with Crippen LogP contribution in [0.4, 0.5) is 0 Å². The number of aromatic nitrogens is 2. The average Bonchev–Trinajstić information content (AvgIpc) is 3.02. The molecular weight excluding hydrogens is 302 g/mol. The van der Waals surface area contributed by atoms with Crippen molar-refractivity contribution in [3.8, 4) is 11.4 Å². The molecular formula is C15H18ClN5O. The van der Waals surface area contributed by atoms with Crippen molar-refractivity contribution < 1.29 is 4.52 Å². The van der Waals surface area contributed by atoms with Gasteiger partial charge in [0.1, 0.15) is 6.54 Å². The summed E-state index contributed by atoms with van der Waals surface area (Å²) in [7, 11) is 0. The predicted molar refractivity (Wildman–Crippen MR) is 85.5 cm³/mol. The molecule has 0 saturated carbocycles. The second-order valence-electron chi connectivity index (χ2n) is 5.24.